The third-order valence-electron chi connectivity index (χ3n) is 7.69. The molecule has 6 rings (SSSR count). The number of carbonyl (C=O) groups is 2. The summed E-state index contributed by atoms with van der Waals surface area (Å²) in [6, 6.07) is 0. The normalized spacial score (nSPS) is 32.8. The van der Waals surface area contributed by atoms with Crippen molar-refractivity contribution in [2.45, 2.75) is 72.3 Å². The minimum Gasteiger partial charge on any atom is -0.336 e. The lowest BCUT2D eigenvalue weighted by Crippen LogP contribution is -2.52. The van der Waals surface area contributed by atoms with Crippen LogP contribution in [0.25, 0.3) is 0 Å². The number of aromatic nitrogens is 2. The SMILES string of the molecule is CC(C)(C)C(=O)N1CCc2c(ncnc2NC(=O)C23CC4CC(CC(C4)C2)C3)C1. The summed E-state index contributed by atoms with van der Waals surface area (Å²) in [4.78, 5) is 36.8. The quantitative estimate of drug-likeness (QED) is 0.829. The lowest BCUT2D eigenvalue weighted by atomic mass is 9.49. The zero-order valence-electron chi connectivity index (χ0n) is 17.8. The maximum absolute atomic E-state index is 13.4. The third-order valence-corrected chi connectivity index (χ3v) is 7.69. The molecule has 4 bridgehead atoms. The Labute approximate surface area is 172 Å². The van der Waals surface area contributed by atoms with E-state index in [2.05, 4.69) is 15.3 Å². The molecule has 0 unspecified atom stereocenters. The number of anilines is 1. The van der Waals surface area contributed by atoms with Crippen LogP contribution in [0, 0.1) is 28.6 Å². The second kappa shape index (κ2) is 6.51. The van der Waals surface area contributed by atoms with Crippen molar-refractivity contribution in [1.82, 2.24) is 14.9 Å². The highest BCUT2D eigenvalue weighted by Crippen LogP contribution is 2.60. The van der Waals surface area contributed by atoms with E-state index in [-0.39, 0.29) is 17.2 Å². The number of hydrogen-bond donors (Lipinski definition) is 1. The van der Waals surface area contributed by atoms with Crippen LogP contribution in [0.1, 0.15) is 70.6 Å². The highest BCUT2D eigenvalue weighted by atomic mass is 16.2. The molecule has 5 aliphatic rings. The molecule has 2 amide bonds. The van der Waals surface area contributed by atoms with Crippen molar-refractivity contribution in [2.24, 2.45) is 28.6 Å². The standard InChI is InChI=1S/C23H32N4O2/c1-22(2,3)21(29)27-5-4-17-18(12-27)24-13-25-19(17)26-20(28)23-9-14-6-15(10-23)8-16(7-14)11-23/h13-16H,4-12H2,1-3H3,(H,24,25,26,28). The largest absolute Gasteiger partial charge is 0.336 e. The number of nitrogens with one attached hydrogen (secondary N) is 1. The van der Waals surface area contributed by atoms with Crippen LogP contribution in [0.5, 0.6) is 0 Å². The maximum Gasteiger partial charge on any atom is 0.231 e. The van der Waals surface area contributed by atoms with Crippen LogP contribution in [0.4, 0.5) is 5.82 Å². The average Bonchev–Trinajstić information content (AvgIpc) is 2.65. The first-order valence-corrected chi connectivity index (χ1v) is 11.2. The Balaban J connectivity index is 1.35. The van der Waals surface area contributed by atoms with Crippen molar-refractivity contribution in [3.63, 3.8) is 0 Å². The van der Waals surface area contributed by atoms with Crippen LogP contribution in [0.3, 0.4) is 0 Å². The number of fused-ring (bicyclic) bond motifs is 1. The van der Waals surface area contributed by atoms with Crippen molar-refractivity contribution in [1.29, 1.82) is 0 Å². The highest BCUT2D eigenvalue weighted by molar-refractivity contribution is 5.95. The lowest BCUT2D eigenvalue weighted by molar-refractivity contribution is -0.141. The van der Waals surface area contributed by atoms with Gasteiger partial charge in [-0.3, -0.25) is 9.59 Å². The van der Waals surface area contributed by atoms with E-state index in [0.29, 0.717) is 25.3 Å². The Morgan fingerprint density at radius 1 is 1.07 bits per heavy atom. The van der Waals surface area contributed by atoms with E-state index in [1.54, 1.807) is 0 Å². The molecule has 0 saturated heterocycles. The molecule has 4 aliphatic carbocycles. The van der Waals surface area contributed by atoms with Crippen LogP contribution in [-0.4, -0.2) is 33.2 Å². The van der Waals surface area contributed by atoms with E-state index in [0.717, 1.165) is 48.3 Å². The van der Waals surface area contributed by atoms with E-state index in [1.165, 1.54) is 25.6 Å². The first-order chi connectivity index (χ1) is 13.7. The molecule has 0 aromatic carbocycles. The van der Waals surface area contributed by atoms with Crippen LogP contribution in [0.15, 0.2) is 6.33 Å². The molecule has 1 aromatic heterocycles. The van der Waals surface area contributed by atoms with Gasteiger partial charge in [0, 0.05) is 17.5 Å². The van der Waals surface area contributed by atoms with Gasteiger partial charge in [-0.1, -0.05) is 20.8 Å². The molecule has 6 heteroatoms. The topological polar surface area (TPSA) is 75.2 Å². The van der Waals surface area contributed by atoms with Gasteiger partial charge in [-0.05, 0) is 62.7 Å². The Morgan fingerprint density at radius 3 is 2.28 bits per heavy atom. The molecule has 1 aromatic rings. The average molecular weight is 397 g/mol. The van der Waals surface area contributed by atoms with Crippen molar-refractivity contribution < 1.29 is 9.59 Å². The number of nitrogens with zero attached hydrogens (tertiary/aromatic N) is 3. The van der Waals surface area contributed by atoms with Gasteiger partial charge in [-0.15, -0.1) is 0 Å². The fraction of sp³-hybridized carbons (Fsp3) is 0.739. The van der Waals surface area contributed by atoms with Gasteiger partial charge in [0.15, 0.2) is 0 Å². The van der Waals surface area contributed by atoms with Gasteiger partial charge in [-0.25, -0.2) is 9.97 Å². The zero-order valence-corrected chi connectivity index (χ0v) is 17.8. The van der Waals surface area contributed by atoms with Crippen molar-refractivity contribution in [3.8, 4) is 0 Å². The molecule has 4 saturated carbocycles. The summed E-state index contributed by atoms with van der Waals surface area (Å²) in [7, 11) is 0. The highest BCUT2D eigenvalue weighted by Gasteiger charge is 2.54. The van der Waals surface area contributed by atoms with E-state index >= 15 is 0 Å². The van der Waals surface area contributed by atoms with Crippen LogP contribution >= 0.6 is 0 Å². The molecule has 0 radical (unpaired) electrons. The minimum absolute atomic E-state index is 0.140. The summed E-state index contributed by atoms with van der Waals surface area (Å²) in [6.45, 7) is 6.98. The Bertz CT molecular complexity index is 822. The van der Waals surface area contributed by atoms with Crippen molar-refractivity contribution >= 4 is 17.6 Å². The van der Waals surface area contributed by atoms with Gasteiger partial charge in [0.25, 0.3) is 0 Å². The van der Waals surface area contributed by atoms with Crippen LogP contribution < -0.4 is 5.32 Å². The Morgan fingerprint density at radius 2 is 1.69 bits per heavy atom. The zero-order chi connectivity index (χ0) is 20.4. The fourth-order valence-corrected chi connectivity index (χ4v) is 6.74. The first kappa shape index (κ1) is 19.0. The monoisotopic (exact) mass is 396 g/mol. The van der Waals surface area contributed by atoms with Crippen molar-refractivity contribution in [2.75, 3.05) is 11.9 Å². The van der Waals surface area contributed by atoms with E-state index < -0.39 is 5.41 Å². The molecule has 2 heterocycles. The molecule has 0 spiro atoms. The number of amides is 2. The van der Waals surface area contributed by atoms with Crippen LogP contribution in [-0.2, 0) is 22.6 Å². The Hall–Kier alpha value is -1.98. The molecule has 1 aliphatic heterocycles. The van der Waals surface area contributed by atoms with Gasteiger partial charge in [-0.2, -0.15) is 0 Å². The molecule has 29 heavy (non-hydrogen) atoms. The predicted octanol–water partition coefficient (Wildman–Crippen LogP) is 3.56. The molecule has 1 N–H and O–H groups in total. The summed E-state index contributed by atoms with van der Waals surface area (Å²) in [6.07, 6.45) is 9.34. The summed E-state index contributed by atoms with van der Waals surface area (Å²) < 4.78 is 0. The summed E-state index contributed by atoms with van der Waals surface area (Å²) in [5.41, 5.74) is 1.28. The summed E-state index contributed by atoms with van der Waals surface area (Å²) in [5, 5.41) is 3.21. The second-order valence-electron chi connectivity index (χ2n) is 11.0. The van der Waals surface area contributed by atoms with Gasteiger partial charge in [0.1, 0.15) is 12.1 Å². The van der Waals surface area contributed by atoms with Gasteiger partial charge < -0.3 is 10.2 Å². The second-order valence-corrected chi connectivity index (χ2v) is 11.0. The molecule has 0 atom stereocenters. The minimum atomic E-state index is -0.403. The molecular weight excluding hydrogens is 364 g/mol. The fourth-order valence-electron chi connectivity index (χ4n) is 6.74. The van der Waals surface area contributed by atoms with Crippen LogP contribution in [0.2, 0.25) is 0 Å². The predicted molar refractivity (Wildman–Crippen MR) is 110 cm³/mol. The van der Waals surface area contributed by atoms with E-state index in [4.69, 9.17) is 0 Å². The van der Waals surface area contributed by atoms with Crippen molar-refractivity contribution in [3.05, 3.63) is 17.6 Å². The molecular formula is C23H32N4O2. The number of hydrogen-bond acceptors (Lipinski definition) is 4. The van der Waals surface area contributed by atoms with E-state index in [9.17, 15) is 9.59 Å². The molecule has 6 nitrogen and oxygen atoms in total. The lowest BCUT2D eigenvalue weighted by Gasteiger charge is -2.55. The number of rotatable bonds is 2. The summed E-state index contributed by atoms with van der Waals surface area (Å²) in [5.74, 6) is 3.19. The number of carbonyl (C=O) groups excluding carboxylic acids is 2. The first-order valence-electron chi connectivity index (χ1n) is 11.2. The van der Waals surface area contributed by atoms with Gasteiger partial charge in [0.2, 0.25) is 11.8 Å². The van der Waals surface area contributed by atoms with E-state index in [1.807, 2.05) is 25.7 Å². The smallest absolute Gasteiger partial charge is 0.231 e. The summed E-state index contributed by atoms with van der Waals surface area (Å²) >= 11 is 0. The van der Waals surface area contributed by atoms with Gasteiger partial charge >= 0.3 is 0 Å². The Kier molecular flexibility index (Phi) is 4.27. The third kappa shape index (κ3) is 3.24. The molecule has 4 fully saturated rings. The maximum atomic E-state index is 13.4. The molecule has 156 valence electrons. The van der Waals surface area contributed by atoms with Gasteiger partial charge in [0.05, 0.1) is 17.7 Å².